The zero-order chi connectivity index (χ0) is 17.9. The number of carbonyl (C=O) groups is 2. The summed E-state index contributed by atoms with van der Waals surface area (Å²) in [4.78, 5) is 27.0. The first-order valence-corrected chi connectivity index (χ1v) is 10.00. The Hall–Kier alpha value is -1.10. The standard InChI is InChI=1S/C20H33NO4/c1-3-25-8-4-6-21(7-5-18(22)24-2)19(23)20-12-15-9-16(13-20)11-17(10-15)14-20/h15-17H,3-14H2,1-2H3. The highest BCUT2D eigenvalue weighted by Gasteiger charge is 2.55. The number of amides is 1. The first-order chi connectivity index (χ1) is 12.1. The molecule has 4 saturated carbocycles. The lowest BCUT2D eigenvalue weighted by Crippen LogP contribution is -2.55. The average Bonchev–Trinajstić information content (AvgIpc) is 2.59. The maximum absolute atomic E-state index is 13.5. The van der Waals surface area contributed by atoms with E-state index >= 15 is 0 Å². The highest BCUT2D eigenvalue weighted by Crippen LogP contribution is 2.60. The van der Waals surface area contributed by atoms with Gasteiger partial charge < -0.3 is 14.4 Å². The third kappa shape index (κ3) is 4.18. The second-order valence-electron chi connectivity index (χ2n) is 8.37. The largest absolute Gasteiger partial charge is 0.469 e. The molecule has 5 heteroatoms. The van der Waals surface area contributed by atoms with Crippen molar-refractivity contribution in [1.82, 2.24) is 4.90 Å². The van der Waals surface area contributed by atoms with Crippen molar-refractivity contribution in [3.63, 3.8) is 0 Å². The van der Waals surface area contributed by atoms with Crippen LogP contribution in [-0.4, -0.2) is 50.2 Å². The SMILES string of the molecule is CCOCCCN(CCC(=O)OC)C(=O)C12CC3CC(CC(C3)C1)C2. The van der Waals surface area contributed by atoms with Crippen molar-refractivity contribution in [1.29, 1.82) is 0 Å². The maximum atomic E-state index is 13.5. The fourth-order valence-corrected chi connectivity index (χ4v) is 5.85. The topological polar surface area (TPSA) is 55.8 Å². The van der Waals surface area contributed by atoms with Gasteiger partial charge in [-0.3, -0.25) is 9.59 Å². The molecule has 0 radical (unpaired) electrons. The molecule has 0 spiro atoms. The van der Waals surface area contributed by atoms with E-state index in [1.165, 1.54) is 26.4 Å². The van der Waals surface area contributed by atoms with E-state index in [0.29, 0.717) is 32.2 Å². The summed E-state index contributed by atoms with van der Waals surface area (Å²) in [5, 5.41) is 0. The van der Waals surface area contributed by atoms with Crippen LogP contribution in [0, 0.1) is 23.2 Å². The lowest BCUT2D eigenvalue weighted by molar-refractivity contribution is -0.158. The summed E-state index contributed by atoms with van der Waals surface area (Å²) in [6, 6.07) is 0. The summed E-state index contributed by atoms with van der Waals surface area (Å²) in [5.74, 6) is 2.31. The van der Waals surface area contributed by atoms with Crippen LogP contribution in [-0.2, 0) is 19.1 Å². The van der Waals surface area contributed by atoms with Crippen molar-refractivity contribution in [3.05, 3.63) is 0 Å². The fraction of sp³-hybridized carbons (Fsp3) is 0.900. The van der Waals surface area contributed by atoms with Gasteiger partial charge in [0.15, 0.2) is 0 Å². The molecule has 4 aliphatic rings. The fourth-order valence-electron chi connectivity index (χ4n) is 5.85. The van der Waals surface area contributed by atoms with Crippen molar-refractivity contribution in [2.45, 2.75) is 58.3 Å². The third-order valence-corrected chi connectivity index (χ3v) is 6.51. The molecule has 0 N–H and O–H groups in total. The summed E-state index contributed by atoms with van der Waals surface area (Å²) in [7, 11) is 1.41. The average molecular weight is 351 g/mol. The van der Waals surface area contributed by atoms with Gasteiger partial charge in [-0.05, 0) is 69.6 Å². The van der Waals surface area contributed by atoms with E-state index in [1.54, 1.807) is 0 Å². The molecule has 0 atom stereocenters. The highest BCUT2D eigenvalue weighted by atomic mass is 16.5. The van der Waals surface area contributed by atoms with Crippen LogP contribution in [0.25, 0.3) is 0 Å². The molecule has 0 aromatic carbocycles. The molecule has 0 heterocycles. The minimum Gasteiger partial charge on any atom is -0.469 e. The van der Waals surface area contributed by atoms with Gasteiger partial charge in [0.25, 0.3) is 0 Å². The van der Waals surface area contributed by atoms with E-state index in [4.69, 9.17) is 9.47 Å². The normalized spacial score (nSPS) is 32.6. The van der Waals surface area contributed by atoms with Crippen molar-refractivity contribution in [2.75, 3.05) is 33.4 Å². The van der Waals surface area contributed by atoms with Gasteiger partial charge in [0.05, 0.1) is 18.9 Å². The van der Waals surface area contributed by atoms with Crippen molar-refractivity contribution in [3.8, 4) is 0 Å². The van der Waals surface area contributed by atoms with Crippen molar-refractivity contribution >= 4 is 11.9 Å². The molecule has 142 valence electrons. The Morgan fingerprint density at radius 1 is 1.04 bits per heavy atom. The van der Waals surface area contributed by atoms with Crippen molar-refractivity contribution in [2.24, 2.45) is 23.2 Å². The van der Waals surface area contributed by atoms with E-state index in [2.05, 4.69) is 0 Å². The molecule has 0 aromatic rings. The number of methoxy groups -OCH3 is 1. The van der Waals surface area contributed by atoms with Gasteiger partial charge in [-0.25, -0.2) is 0 Å². The lowest BCUT2D eigenvalue weighted by atomic mass is 9.49. The number of carbonyl (C=O) groups excluding carboxylic acids is 2. The number of nitrogens with zero attached hydrogens (tertiary/aromatic N) is 1. The molecule has 25 heavy (non-hydrogen) atoms. The Balaban J connectivity index is 1.65. The number of esters is 1. The zero-order valence-corrected chi connectivity index (χ0v) is 15.8. The predicted molar refractivity (Wildman–Crippen MR) is 94.9 cm³/mol. The molecule has 0 saturated heterocycles. The summed E-state index contributed by atoms with van der Waals surface area (Å²) >= 11 is 0. The zero-order valence-electron chi connectivity index (χ0n) is 15.8. The van der Waals surface area contributed by atoms with Crippen LogP contribution in [0.5, 0.6) is 0 Å². The van der Waals surface area contributed by atoms with Crippen LogP contribution in [0.2, 0.25) is 0 Å². The third-order valence-electron chi connectivity index (χ3n) is 6.51. The monoisotopic (exact) mass is 351 g/mol. The van der Waals surface area contributed by atoms with E-state index in [-0.39, 0.29) is 17.8 Å². The number of rotatable bonds is 9. The Morgan fingerprint density at radius 2 is 1.64 bits per heavy atom. The molecule has 1 amide bonds. The van der Waals surface area contributed by atoms with Crippen molar-refractivity contribution < 1.29 is 19.1 Å². The lowest BCUT2D eigenvalue weighted by Gasteiger charge is -2.56. The molecular formula is C20H33NO4. The van der Waals surface area contributed by atoms with E-state index in [1.807, 2.05) is 11.8 Å². The Bertz CT molecular complexity index is 455. The number of hydrogen-bond acceptors (Lipinski definition) is 4. The van der Waals surface area contributed by atoms with E-state index < -0.39 is 0 Å². The summed E-state index contributed by atoms with van der Waals surface area (Å²) in [6.45, 7) is 4.50. The molecule has 4 rings (SSSR count). The van der Waals surface area contributed by atoms with Crippen LogP contribution < -0.4 is 0 Å². The van der Waals surface area contributed by atoms with Gasteiger partial charge >= 0.3 is 5.97 Å². The molecule has 4 fully saturated rings. The quantitative estimate of drug-likeness (QED) is 0.473. The minimum atomic E-state index is -0.242. The van der Waals surface area contributed by atoms with Gasteiger partial charge in [0.1, 0.15) is 0 Å². The first-order valence-electron chi connectivity index (χ1n) is 10.00. The van der Waals surface area contributed by atoms with Crippen LogP contribution in [0.3, 0.4) is 0 Å². The Kier molecular flexibility index (Phi) is 6.03. The summed E-state index contributed by atoms with van der Waals surface area (Å²) in [5.41, 5.74) is -0.142. The minimum absolute atomic E-state index is 0.142. The highest BCUT2D eigenvalue weighted by molar-refractivity contribution is 5.84. The van der Waals surface area contributed by atoms with Crippen LogP contribution in [0.15, 0.2) is 0 Å². The van der Waals surface area contributed by atoms with Gasteiger partial charge in [-0.15, -0.1) is 0 Å². The van der Waals surface area contributed by atoms with Crippen LogP contribution in [0.4, 0.5) is 0 Å². The van der Waals surface area contributed by atoms with Crippen LogP contribution >= 0.6 is 0 Å². The molecule has 4 bridgehead atoms. The Morgan fingerprint density at radius 3 is 2.16 bits per heavy atom. The summed E-state index contributed by atoms with van der Waals surface area (Å²) < 4.78 is 10.2. The molecule has 0 aromatic heterocycles. The van der Waals surface area contributed by atoms with Gasteiger partial charge in [0.2, 0.25) is 5.91 Å². The predicted octanol–water partition coefficient (Wildman–Crippen LogP) is 3.02. The molecule has 5 nitrogen and oxygen atoms in total. The second kappa shape index (κ2) is 8.07. The second-order valence-corrected chi connectivity index (χ2v) is 8.37. The van der Waals surface area contributed by atoms with Gasteiger partial charge in [-0.1, -0.05) is 0 Å². The molecule has 0 aliphatic heterocycles. The van der Waals surface area contributed by atoms with Gasteiger partial charge in [-0.2, -0.15) is 0 Å². The summed E-state index contributed by atoms with van der Waals surface area (Å²) in [6.07, 6.45) is 8.31. The number of ether oxygens (including phenoxy) is 2. The van der Waals surface area contributed by atoms with E-state index in [9.17, 15) is 9.59 Å². The molecular weight excluding hydrogens is 318 g/mol. The molecule has 4 aliphatic carbocycles. The van der Waals surface area contributed by atoms with E-state index in [0.717, 1.165) is 43.4 Å². The number of hydrogen-bond donors (Lipinski definition) is 0. The smallest absolute Gasteiger partial charge is 0.307 e. The maximum Gasteiger partial charge on any atom is 0.307 e. The molecule has 0 unspecified atom stereocenters. The first kappa shape index (κ1) is 18.7. The van der Waals surface area contributed by atoms with Gasteiger partial charge in [0, 0.05) is 26.3 Å². The Labute approximate surface area is 151 Å². The van der Waals surface area contributed by atoms with Crippen LogP contribution in [0.1, 0.15) is 58.3 Å².